The van der Waals surface area contributed by atoms with E-state index in [9.17, 15) is 0 Å². The summed E-state index contributed by atoms with van der Waals surface area (Å²) in [6.45, 7) is 2.16. The van der Waals surface area contributed by atoms with E-state index in [1.165, 1.54) is 11.1 Å². The summed E-state index contributed by atoms with van der Waals surface area (Å²) in [6, 6.07) is 21.0. The van der Waals surface area contributed by atoms with Crippen LogP contribution in [0.3, 0.4) is 0 Å². The van der Waals surface area contributed by atoms with Gasteiger partial charge in [0.25, 0.3) is 0 Å². The molecule has 1 aliphatic heterocycles. The van der Waals surface area contributed by atoms with Gasteiger partial charge in [0, 0.05) is 0 Å². The highest BCUT2D eigenvalue weighted by molar-refractivity contribution is 5.22. The van der Waals surface area contributed by atoms with Crippen LogP contribution in [-0.4, -0.2) is 5.06 Å². The van der Waals surface area contributed by atoms with Crippen molar-refractivity contribution >= 4 is 0 Å². The van der Waals surface area contributed by atoms with Crippen LogP contribution < -0.4 is 0 Å². The van der Waals surface area contributed by atoms with Crippen LogP contribution in [0.1, 0.15) is 30.3 Å². The fraction of sp³-hybridized carbons (Fsp3) is 0.200. The summed E-state index contributed by atoms with van der Waals surface area (Å²) in [5.41, 5.74) is 2.50. The Morgan fingerprint density at radius 1 is 0.941 bits per heavy atom. The van der Waals surface area contributed by atoms with E-state index in [0.717, 1.165) is 0 Å². The van der Waals surface area contributed by atoms with Crippen molar-refractivity contribution in [2.24, 2.45) is 0 Å². The second kappa shape index (κ2) is 4.32. The predicted molar refractivity (Wildman–Crippen MR) is 67.0 cm³/mol. The number of rotatable bonds is 3. The van der Waals surface area contributed by atoms with Gasteiger partial charge in [-0.25, -0.2) is 0 Å². The molecule has 1 aliphatic rings. The molecule has 0 N–H and O–H groups in total. The van der Waals surface area contributed by atoms with Crippen molar-refractivity contribution in [1.29, 1.82) is 0 Å². The highest BCUT2D eigenvalue weighted by Crippen LogP contribution is 2.43. The van der Waals surface area contributed by atoms with Crippen molar-refractivity contribution in [3.63, 3.8) is 0 Å². The molecule has 0 aliphatic carbocycles. The summed E-state index contributed by atoms with van der Waals surface area (Å²) in [7, 11) is 0. The van der Waals surface area contributed by atoms with E-state index in [0.29, 0.717) is 6.04 Å². The Morgan fingerprint density at radius 2 is 1.53 bits per heavy atom. The van der Waals surface area contributed by atoms with Crippen LogP contribution in [0.25, 0.3) is 0 Å². The van der Waals surface area contributed by atoms with Gasteiger partial charge in [-0.05, 0) is 18.1 Å². The average molecular weight is 225 g/mol. The molecule has 2 heteroatoms. The van der Waals surface area contributed by atoms with Gasteiger partial charge in [-0.15, -0.1) is 5.06 Å². The van der Waals surface area contributed by atoms with E-state index in [-0.39, 0.29) is 6.23 Å². The maximum Gasteiger partial charge on any atom is 0.180 e. The third kappa shape index (κ3) is 2.09. The number of nitrogens with zero attached hydrogens (tertiary/aromatic N) is 1. The van der Waals surface area contributed by atoms with Gasteiger partial charge in [0.05, 0.1) is 6.04 Å². The van der Waals surface area contributed by atoms with E-state index >= 15 is 0 Å². The van der Waals surface area contributed by atoms with Crippen LogP contribution >= 0.6 is 0 Å². The van der Waals surface area contributed by atoms with Gasteiger partial charge in [-0.2, -0.15) is 0 Å². The van der Waals surface area contributed by atoms with Crippen molar-refractivity contribution in [1.82, 2.24) is 5.06 Å². The molecule has 1 unspecified atom stereocenters. The molecule has 1 fully saturated rings. The van der Waals surface area contributed by atoms with E-state index in [1.807, 2.05) is 29.3 Å². The lowest BCUT2D eigenvalue weighted by atomic mass is 10.1. The Bertz CT molecular complexity index is 483. The van der Waals surface area contributed by atoms with Gasteiger partial charge in [0.15, 0.2) is 6.23 Å². The minimum Gasteiger partial charge on any atom is -0.269 e. The van der Waals surface area contributed by atoms with Crippen LogP contribution in [0.5, 0.6) is 0 Å². The molecular formula is C15H15NO. The van der Waals surface area contributed by atoms with Gasteiger partial charge in [-0.3, -0.25) is 4.84 Å². The molecule has 2 aromatic carbocycles. The Balaban J connectivity index is 1.73. The number of benzene rings is 2. The maximum atomic E-state index is 5.65. The molecule has 0 aromatic heterocycles. The second-order valence-electron chi connectivity index (χ2n) is 4.31. The fourth-order valence-corrected chi connectivity index (χ4v) is 2.09. The van der Waals surface area contributed by atoms with Crippen LogP contribution in [0, 0.1) is 0 Å². The topological polar surface area (TPSA) is 15.5 Å². The largest absolute Gasteiger partial charge is 0.269 e. The van der Waals surface area contributed by atoms with Crippen LogP contribution in [-0.2, 0) is 4.84 Å². The Labute approximate surface area is 101 Å². The van der Waals surface area contributed by atoms with E-state index in [1.54, 1.807) is 0 Å². The first-order valence-electron chi connectivity index (χ1n) is 5.91. The fourth-order valence-electron chi connectivity index (χ4n) is 2.09. The summed E-state index contributed by atoms with van der Waals surface area (Å²) in [5.74, 6) is 0. The van der Waals surface area contributed by atoms with Gasteiger partial charge in [-0.1, -0.05) is 60.7 Å². The lowest BCUT2D eigenvalue weighted by molar-refractivity contribution is 0.155. The molecular weight excluding hydrogens is 210 g/mol. The van der Waals surface area contributed by atoms with Crippen molar-refractivity contribution in [3.8, 4) is 0 Å². The van der Waals surface area contributed by atoms with Gasteiger partial charge in [0.2, 0.25) is 0 Å². The predicted octanol–water partition coefficient (Wildman–Crippen LogP) is 3.69. The molecule has 0 spiro atoms. The molecule has 1 heterocycles. The third-order valence-corrected chi connectivity index (χ3v) is 3.16. The van der Waals surface area contributed by atoms with Crippen LogP contribution in [0.2, 0.25) is 0 Å². The van der Waals surface area contributed by atoms with Crippen LogP contribution in [0.15, 0.2) is 60.7 Å². The normalized spacial score (nSPS) is 24.3. The molecule has 0 saturated carbocycles. The SMILES string of the molecule is C[C@H](c1ccccc1)N1O[C@@H]1c1ccccc1. The molecule has 3 atom stereocenters. The molecule has 0 radical (unpaired) electrons. The number of hydrogen-bond acceptors (Lipinski definition) is 2. The first kappa shape index (κ1) is 10.5. The van der Waals surface area contributed by atoms with Gasteiger partial charge >= 0.3 is 0 Å². The first-order valence-corrected chi connectivity index (χ1v) is 5.91. The first-order chi connectivity index (χ1) is 8.36. The summed E-state index contributed by atoms with van der Waals surface area (Å²) < 4.78 is 0. The number of hydroxylamine groups is 2. The Morgan fingerprint density at radius 3 is 2.18 bits per heavy atom. The van der Waals surface area contributed by atoms with Gasteiger partial charge < -0.3 is 0 Å². The average Bonchev–Trinajstić information content (AvgIpc) is 3.20. The molecule has 0 bridgehead atoms. The summed E-state index contributed by atoms with van der Waals surface area (Å²) >= 11 is 0. The molecule has 86 valence electrons. The maximum absolute atomic E-state index is 5.65. The van der Waals surface area contributed by atoms with E-state index < -0.39 is 0 Å². The molecule has 0 amide bonds. The smallest absolute Gasteiger partial charge is 0.180 e. The molecule has 1 saturated heterocycles. The zero-order chi connectivity index (χ0) is 11.7. The monoisotopic (exact) mass is 225 g/mol. The van der Waals surface area contributed by atoms with Crippen molar-refractivity contribution in [3.05, 3.63) is 71.8 Å². The molecule has 2 nitrogen and oxygen atoms in total. The minimum absolute atomic E-state index is 0.117. The zero-order valence-corrected chi connectivity index (χ0v) is 9.78. The van der Waals surface area contributed by atoms with Crippen molar-refractivity contribution in [2.45, 2.75) is 19.2 Å². The Hall–Kier alpha value is -1.64. The molecule has 3 rings (SSSR count). The zero-order valence-electron chi connectivity index (χ0n) is 9.78. The van der Waals surface area contributed by atoms with Gasteiger partial charge in [0.1, 0.15) is 0 Å². The molecule has 17 heavy (non-hydrogen) atoms. The standard InChI is InChI=1S/C15H15NO/c1-12(13-8-4-2-5-9-13)16-15(17-16)14-10-6-3-7-11-14/h2-12,15H,1H3/t12-,15-,16?/m1/s1. The third-order valence-electron chi connectivity index (χ3n) is 3.16. The molecule has 2 aromatic rings. The summed E-state index contributed by atoms with van der Waals surface area (Å²) in [4.78, 5) is 5.65. The minimum atomic E-state index is 0.117. The highest BCUT2D eigenvalue weighted by Gasteiger charge is 2.41. The summed E-state index contributed by atoms with van der Waals surface area (Å²) in [6.07, 6.45) is 0.117. The van der Waals surface area contributed by atoms with Crippen molar-refractivity contribution in [2.75, 3.05) is 0 Å². The summed E-state index contributed by atoms with van der Waals surface area (Å²) in [5, 5.41) is 2.03. The Kier molecular flexibility index (Phi) is 2.67. The number of hydrogen-bond donors (Lipinski definition) is 0. The van der Waals surface area contributed by atoms with Crippen LogP contribution in [0.4, 0.5) is 0 Å². The highest BCUT2D eigenvalue weighted by atomic mass is 16.8. The lowest BCUT2D eigenvalue weighted by Crippen LogP contribution is -2.05. The van der Waals surface area contributed by atoms with Crippen molar-refractivity contribution < 1.29 is 4.84 Å². The lowest BCUT2D eigenvalue weighted by Gasteiger charge is -2.10. The van der Waals surface area contributed by atoms with E-state index in [2.05, 4.69) is 43.3 Å². The van der Waals surface area contributed by atoms with E-state index in [4.69, 9.17) is 4.84 Å². The quantitative estimate of drug-likeness (QED) is 0.740. The second-order valence-corrected chi connectivity index (χ2v) is 4.31.